The molecule has 0 aromatic carbocycles. The Balaban J connectivity index is -0.000000105. The average Bonchev–Trinajstić information content (AvgIpc) is 1.85. The highest BCUT2D eigenvalue weighted by Crippen LogP contribution is 1.60. The third-order valence-corrected chi connectivity index (χ3v) is 0.1000. The van der Waals surface area contributed by atoms with Gasteiger partial charge in [0.2, 0.25) is 0 Å². The molecule has 0 fully saturated rings. The second-order valence-corrected chi connectivity index (χ2v) is 3.05. The third-order valence-electron chi connectivity index (χ3n) is 0.1000. The van der Waals surface area contributed by atoms with E-state index in [9.17, 15) is 8.42 Å². The van der Waals surface area contributed by atoms with E-state index in [0.717, 1.165) is 0 Å². The molecule has 0 heterocycles. The van der Waals surface area contributed by atoms with Gasteiger partial charge in [0.05, 0.1) is 19.5 Å². The van der Waals surface area contributed by atoms with Crippen LogP contribution in [0.25, 0.3) is 0 Å². The van der Waals surface area contributed by atoms with Crippen molar-refractivity contribution in [2.24, 2.45) is 0 Å². The molecule has 0 aliphatic carbocycles. The van der Waals surface area contributed by atoms with Gasteiger partial charge in [-0.25, -0.2) is 0 Å². The Morgan fingerprint density at radius 2 is 1.25 bits per heavy atom. The largest absolute Gasteiger partial charge is 0.394 e. The van der Waals surface area contributed by atoms with Crippen LogP contribution in [-0.2, 0) is 14.9 Å². The van der Waals surface area contributed by atoms with Crippen molar-refractivity contribution in [1.29, 1.82) is 0 Å². The lowest BCUT2D eigenvalue weighted by molar-refractivity contribution is 0.186. The summed E-state index contributed by atoms with van der Waals surface area (Å²) in [4.78, 5) is 0. The van der Waals surface area contributed by atoms with Gasteiger partial charge < -0.3 is 14.9 Å². The molecule has 0 aromatic heterocycles. The number of methoxy groups -OCH3 is 1. The van der Waals surface area contributed by atoms with Crippen LogP contribution >= 0.6 is 0 Å². The summed E-state index contributed by atoms with van der Waals surface area (Å²) in [5.41, 5.74) is 0. The molecule has 0 aliphatic heterocycles. The number of ether oxygens (including phenoxy) is 1. The van der Waals surface area contributed by atoms with Gasteiger partial charge >= 0.3 is 0 Å². The summed E-state index contributed by atoms with van der Waals surface area (Å²) in [5, 5.41) is 15.2. The zero-order valence-electron chi connectivity index (χ0n) is 7.39. The smallest absolute Gasteiger partial charge is 0.261 e. The van der Waals surface area contributed by atoms with E-state index in [0.29, 0.717) is 6.26 Å². The Labute approximate surface area is 72.5 Å². The fourth-order valence-electron chi connectivity index (χ4n) is 0. The molecule has 0 rings (SSSR count). The Kier molecular flexibility index (Phi) is 19.8. The van der Waals surface area contributed by atoms with Crippen LogP contribution in [0.2, 0.25) is 0 Å². The molecule has 0 aromatic rings. The summed E-state index contributed by atoms with van der Waals surface area (Å²) < 4.78 is 30.1. The maximum absolute atomic E-state index is 9.19. The highest BCUT2D eigenvalue weighted by atomic mass is 32.2. The van der Waals surface area contributed by atoms with Gasteiger partial charge in [0.1, 0.15) is 0 Å². The van der Waals surface area contributed by atoms with Crippen LogP contribution < -0.4 is 0 Å². The lowest BCUT2D eigenvalue weighted by Gasteiger charge is -1.70. The van der Waals surface area contributed by atoms with E-state index in [1.165, 1.54) is 0 Å². The van der Waals surface area contributed by atoms with Crippen molar-refractivity contribution in [3.05, 3.63) is 0 Å². The Hall–Kier alpha value is -0.210. The molecule has 78 valence electrons. The summed E-state index contributed by atoms with van der Waals surface area (Å²) in [7, 11) is -0.417. The Morgan fingerprint density at radius 1 is 1.17 bits per heavy atom. The van der Waals surface area contributed by atoms with Crippen LogP contribution in [0.5, 0.6) is 0 Å². The first-order chi connectivity index (χ1) is 5.33. The standard InChI is InChI=1S/C2H6O2.C2H6O.CH4O3S/c3-1-2-4;1-3-2;1-5(2,3)4/h3-4H,1-2H2;1-2H3;1H3,(H,2,3,4). The van der Waals surface area contributed by atoms with Gasteiger partial charge in [0.25, 0.3) is 10.1 Å². The van der Waals surface area contributed by atoms with Crippen molar-refractivity contribution in [3.8, 4) is 0 Å². The van der Waals surface area contributed by atoms with Gasteiger partial charge in [-0.05, 0) is 0 Å². The molecule has 0 spiro atoms. The second-order valence-electron chi connectivity index (χ2n) is 1.59. The van der Waals surface area contributed by atoms with Gasteiger partial charge in [-0.1, -0.05) is 0 Å². The number of hydrogen-bond donors (Lipinski definition) is 3. The van der Waals surface area contributed by atoms with Crippen molar-refractivity contribution in [2.75, 3.05) is 33.7 Å². The van der Waals surface area contributed by atoms with E-state index in [-0.39, 0.29) is 13.2 Å². The monoisotopic (exact) mass is 204 g/mol. The fraction of sp³-hybridized carbons (Fsp3) is 1.00. The van der Waals surface area contributed by atoms with Crippen molar-refractivity contribution in [3.63, 3.8) is 0 Å². The maximum atomic E-state index is 9.19. The van der Waals surface area contributed by atoms with Crippen LogP contribution in [0.1, 0.15) is 0 Å². The molecule has 0 bridgehead atoms. The molecule has 0 amide bonds. The quantitative estimate of drug-likeness (QED) is 0.460. The molecule has 12 heavy (non-hydrogen) atoms. The molecular weight excluding hydrogens is 188 g/mol. The molecule has 6 nitrogen and oxygen atoms in total. The highest BCUT2D eigenvalue weighted by molar-refractivity contribution is 7.85. The molecule has 3 N–H and O–H groups in total. The molecule has 0 radical (unpaired) electrons. The van der Waals surface area contributed by atoms with E-state index in [4.69, 9.17) is 14.8 Å². The second kappa shape index (κ2) is 13.4. The average molecular weight is 204 g/mol. The van der Waals surface area contributed by atoms with E-state index < -0.39 is 10.1 Å². The lowest BCUT2D eigenvalue weighted by atomic mass is 10.8. The van der Waals surface area contributed by atoms with Gasteiger partial charge in [0.15, 0.2) is 0 Å². The molecular formula is C5H16O6S. The van der Waals surface area contributed by atoms with Crippen LogP contribution in [0.15, 0.2) is 0 Å². The van der Waals surface area contributed by atoms with E-state index in [1.54, 1.807) is 14.2 Å². The van der Waals surface area contributed by atoms with E-state index in [2.05, 4.69) is 4.74 Å². The number of aliphatic hydroxyl groups is 2. The lowest BCUT2D eigenvalue weighted by Crippen LogP contribution is -1.88. The van der Waals surface area contributed by atoms with Crippen molar-refractivity contribution < 1.29 is 27.9 Å². The Bertz CT molecular complexity index is 130. The predicted molar refractivity (Wildman–Crippen MR) is 44.6 cm³/mol. The fourth-order valence-corrected chi connectivity index (χ4v) is 0. The van der Waals surface area contributed by atoms with E-state index in [1.807, 2.05) is 0 Å². The molecule has 0 saturated heterocycles. The van der Waals surface area contributed by atoms with Gasteiger partial charge in [0, 0.05) is 14.2 Å². The predicted octanol–water partition coefficient (Wildman–Crippen LogP) is -1.26. The first kappa shape index (κ1) is 17.8. The van der Waals surface area contributed by atoms with Crippen LogP contribution in [-0.4, -0.2) is 56.9 Å². The highest BCUT2D eigenvalue weighted by Gasteiger charge is 1.81. The van der Waals surface area contributed by atoms with Crippen LogP contribution in [0.3, 0.4) is 0 Å². The maximum Gasteiger partial charge on any atom is 0.261 e. The van der Waals surface area contributed by atoms with Gasteiger partial charge in [-0.15, -0.1) is 0 Å². The number of rotatable bonds is 1. The van der Waals surface area contributed by atoms with Gasteiger partial charge in [-0.3, -0.25) is 4.55 Å². The molecule has 0 unspecified atom stereocenters. The zero-order valence-corrected chi connectivity index (χ0v) is 8.21. The van der Waals surface area contributed by atoms with E-state index >= 15 is 0 Å². The first-order valence-electron chi connectivity index (χ1n) is 2.87. The molecule has 0 saturated carbocycles. The minimum Gasteiger partial charge on any atom is -0.394 e. The number of hydrogen-bond acceptors (Lipinski definition) is 5. The normalized spacial score (nSPS) is 8.83. The summed E-state index contributed by atoms with van der Waals surface area (Å²) in [6.07, 6.45) is 0.715. The summed E-state index contributed by atoms with van der Waals surface area (Å²) in [5.74, 6) is 0. The first-order valence-corrected chi connectivity index (χ1v) is 4.72. The minimum absolute atomic E-state index is 0.125. The van der Waals surface area contributed by atoms with Crippen molar-refractivity contribution in [1.82, 2.24) is 0 Å². The minimum atomic E-state index is -3.67. The van der Waals surface area contributed by atoms with Crippen LogP contribution in [0, 0.1) is 0 Å². The van der Waals surface area contributed by atoms with Crippen LogP contribution in [0.4, 0.5) is 0 Å². The molecule has 7 heteroatoms. The molecule has 0 atom stereocenters. The van der Waals surface area contributed by atoms with Gasteiger partial charge in [-0.2, -0.15) is 8.42 Å². The molecule has 0 aliphatic rings. The van der Waals surface area contributed by atoms with Crippen molar-refractivity contribution >= 4 is 10.1 Å². The number of aliphatic hydroxyl groups excluding tert-OH is 2. The summed E-state index contributed by atoms with van der Waals surface area (Å²) in [6.45, 7) is -0.250. The zero-order chi connectivity index (χ0) is 10.6. The Morgan fingerprint density at radius 3 is 1.25 bits per heavy atom. The third kappa shape index (κ3) is 1210. The topological polar surface area (TPSA) is 104 Å². The summed E-state index contributed by atoms with van der Waals surface area (Å²) in [6, 6.07) is 0. The van der Waals surface area contributed by atoms with Crippen molar-refractivity contribution in [2.45, 2.75) is 0 Å². The SMILES string of the molecule is COC.CS(=O)(=O)O.OCCO. The summed E-state index contributed by atoms with van der Waals surface area (Å²) >= 11 is 0.